The highest BCUT2D eigenvalue weighted by Gasteiger charge is 2.35. The van der Waals surface area contributed by atoms with Gasteiger partial charge in [0.05, 0.1) is 0 Å². The van der Waals surface area contributed by atoms with Gasteiger partial charge in [-0.1, -0.05) is 24.3 Å². The molecule has 0 atom stereocenters. The summed E-state index contributed by atoms with van der Waals surface area (Å²) in [4.78, 5) is 7.57. The average Bonchev–Trinajstić information content (AvgIpc) is 3.19. The summed E-state index contributed by atoms with van der Waals surface area (Å²) in [6.45, 7) is 5.30. The van der Waals surface area contributed by atoms with Crippen LogP contribution in [-0.4, -0.2) is 44.3 Å². The summed E-state index contributed by atoms with van der Waals surface area (Å²) in [6.07, 6.45) is 4.77. The number of ether oxygens (including phenoxy) is 1. The lowest BCUT2D eigenvalue weighted by molar-refractivity contribution is 0.0512. The van der Waals surface area contributed by atoms with E-state index in [2.05, 4.69) is 51.8 Å². The minimum atomic E-state index is -0.223. The minimum Gasteiger partial charge on any atom is -0.381 e. The molecule has 0 saturated carbocycles. The van der Waals surface area contributed by atoms with Crippen molar-refractivity contribution in [3.8, 4) is 0 Å². The van der Waals surface area contributed by atoms with Crippen LogP contribution in [0.25, 0.3) is 10.9 Å². The summed E-state index contributed by atoms with van der Waals surface area (Å²) in [5.41, 5.74) is 4.76. The van der Waals surface area contributed by atoms with E-state index in [1.165, 1.54) is 28.8 Å². The molecule has 0 amide bonds. The number of aromatic nitrogens is 1. The molecular weight excluding hydrogens is 518 g/mol. The van der Waals surface area contributed by atoms with Crippen LogP contribution in [0, 0.1) is 12.7 Å². The Balaban J connectivity index is 0.00000289. The van der Waals surface area contributed by atoms with E-state index in [1.807, 2.05) is 12.3 Å². The van der Waals surface area contributed by atoms with Crippen molar-refractivity contribution in [2.75, 3.05) is 33.4 Å². The first-order chi connectivity index (χ1) is 15.1. The van der Waals surface area contributed by atoms with Crippen LogP contribution in [0.3, 0.4) is 0 Å². The summed E-state index contributed by atoms with van der Waals surface area (Å²) in [6, 6.07) is 13.5. The van der Waals surface area contributed by atoms with Gasteiger partial charge < -0.3 is 20.4 Å². The van der Waals surface area contributed by atoms with E-state index in [4.69, 9.17) is 4.74 Å². The number of aliphatic imine (C=N–C) groups is 1. The molecule has 3 aromatic rings. The quantitative estimate of drug-likeness (QED) is 0.237. The molecule has 1 aliphatic heterocycles. The van der Waals surface area contributed by atoms with E-state index in [0.29, 0.717) is 0 Å². The first-order valence-corrected chi connectivity index (χ1v) is 11.0. The van der Waals surface area contributed by atoms with Crippen LogP contribution in [-0.2, 0) is 16.6 Å². The standard InChI is InChI=1S/C25H31FN4O.HI/c1-18-5-3-4-6-22(18)25(10-13-31-14-11-25)17-30-24(27-2)28-12-9-19-16-29-23-15-20(26)7-8-21(19)23;/h3-8,15-16,29H,9-14,17H2,1-2H3,(H2,27,28,30);1H. The highest BCUT2D eigenvalue weighted by Crippen LogP contribution is 2.36. The second-order valence-corrected chi connectivity index (χ2v) is 8.31. The SMILES string of the molecule is CN=C(NCCc1c[nH]c2cc(F)ccc12)NCC1(c2ccccc2C)CCOCC1.I. The van der Waals surface area contributed by atoms with E-state index < -0.39 is 0 Å². The van der Waals surface area contributed by atoms with Gasteiger partial charge in [-0.3, -0.25) is 4.99 Å². The third-order valence-electron chi connectivity index (χ3n) is 6.40. The van der Waals surface area contributed by atoms with Crippen molar-refractivity contribution in [1.29, 1.82) is 0 Å². The van der Waals surface area contributed by atoms with Gasteiger partial charge in [-0.05, 0) is 61.1 Å². The Morgan fingerprint density at radius 1 is 1.16 bits per heavy atom. The molecule has 1 aromatic heterocycles. The molecule has 1 aliphatic rings. The van der Waals surface area contributed by atoms with Crippen molar-refractivity contribution in [2.45, 2.75) is 31.6 Å². The van der Waals surface area contributed by atoms with Gasteiger partial charge in [0, 0.05) is 55.9 Å². The molecule has 2 heterocycles. The molecule has 32 heavy (non-hydrogen) atoms. The Morgan fingerprint density at radius 2 is 1.94 bits per heavy atom. The minimum absolute atomic E-state index is 0. The molecule has 0 aliphatic carbocycles. The van der Waals surface area contributed by atoms with Crippen LogP contribution in [0.15, 0.2) is 53.7 Å². The van der Waals surface area contributed by atoms with Gasteiger partial charge in [0.1, 0.15) is 5.82 Å². The van der Waals surface area contributed by atoms with Gasteiger partial charge in [-0.15, -0.1) is 24.0 Å². The topological polar surface area (TPSA) is 61.4 Å². The number of aromatic amines is 1. The zero-order valence-corrected chi connectivity index (χ0v) is 21.0. The van der Waals surface area contributed by atoms with E-state index >= 15 is 0 Å². The van der Waals surface area contributed by atoms with Crippen molar-refractivity contribution in [3.63, 3.8) is 0 Å². The van der Waals surface area contributed by atoms with Gasteiger partial charge in [-0.2, -0.15) is 0 Å². The lowest BCUT2D eigenvalue weighted by atomic mass is 9.72. The maximum absolute atomic E-state index is 13.4. The molecule has 2 aromatic carbocycles. The summed E-state index contributed by atoms with van der Waals surface area (Å²) < 4.78 is 19.1. The molecule has 3 N–H and O–H groups in total. The molecule has 4 rings (SSSR count). The second kappa shape index (κ2) is 11.1. The summed E-state index contributed by atoms with van der Waals surface area (Å²) in [7, 11) is 1.80. The number of guanidine groups is 1. The van der Waals surface area contributed by atoms with Gasteiger partial charge in [0.25, 0.3) is 0 Å². The average molecular weight is 550 g/mol. The molecule has 0 bridgehead atoms. The van der Waals surface area contributed by atoms with Crippen LogP contribution >= 0.6 is 24.0 Å². The van der Waals surface area contributed by atoms with E-state index in [9.17, 15) is 4.39 Å². The second-order valence-electron chi connectivity index (χ2n) is 8.31. The number of fused-ring (bicyclic) bond motifs is 1. The Kier molecular flexibility index (Phi) is 8.53. The number of hydrogen-bond acceptors (Lipinski definition) is 2. The smallest absolute Gasteiger partial charge is 0.191 e. The predicted octanol–water partition coefficient (Wildman–Crippen LogP) is 4.69. The predicted molar refractivity (Wildman–Crippen MR) is 140 cm³/mol. The zero-order chi connectivity index (χ0) is 21.7. The maximum Gasteiger partial charge on any atom is 0.191 e. The number of hydrogen-bond donors (Lipinski definition) is 3. The van der Waals surface area contributed by atoms with Crippen molar-refractivity contribution >= 4 is 40.8 Å². The third-order valence-corrected chi connectivity index (χ3v) is 6.40. The molecule has 1 saturated heterocycles. The molecule has 7 heteroatoms. The highest BCUT2D eigenvalue weighted by atomic mass is 127. The fourth-order valence-electron chi connectivity index (χ4n) is 4.63. The van der Waals surface area contributed by atoms with Crippen LogP contribution in [0.4, 0.5) is 4.39 Å². The molecule has 1 fully saturated rings. The van der Waals surface area contributed by atoms with Crippen molar-refractivity contribution in [1.82, 2.24) is 15.6 Å². The van der Waals surface area contributed by atoms with Crippen molar-refractivity contribution in [3.05, 3.63) is 71.2 Å². The van der Waals surface area contributed by atoms with Crippen LogP contribution < -0.4 is 10.6 Å². The van der Waals surface area contributed by atoms with Crippen LogP contribution in [0.2, 0.25) is 0 Å². The largest absolute Gasteiger partial charge is 0.381 e. The number of nitrogens with zero attached hydrogens (tertiary/aromatic N) is 1. The fourth-order valence-corrected chi connectivity index (χ4v) is 4.63. The lowest BCUT2D eigenvalue weighted by Crippen LogP contribution is -2.48. The van der Waals surface area contributed by atoms with Gasteiger partial charge >= 0.3 is 0 Å². The number of H-pyrrole nitrogens is 1. The first-order valence-electron chi connectivity index (χ1n) is 11.0. The molecule has 0 unspecified atom stereocenters. The fraction of sp³-hybridized carbons (Fsp3) is 0.400. The lowest BCUT2D eigenvalue weighted by Gasteiger charge is -2.39. The molecule has 5 nitrogen and oxygen atoms in total. The van der Waals surface area contributed by atoms with E-state index in [-0.39, 0.29) is 35.2 Å². The number of nitrogens with one attached hydrogen (secondary N) is 3. The molecule has 0 spiro atoms. The summed E-state index contributed by atoms with van der Waals surface area (Å²) in [5.74, 6) is 0.574. The molecule has 0 radical (unpaired) electrons. The Bertz CT molecular complexity index is 1060. The Labute approximate surface area is 206 Å². The number of benzene rings is 2. The monoisotopic (exact) mass is 550 g/mol. The number of halogens is 2. The van der Waals surface area contributed by atoms with E-state index in [0.717, 1.165) is 62.4 Å². The Morgan fingerprint density at radius 3 is 2.69 bits per heavy atom. The summed E-state index contributed by atoms with van der Waals surface area (Å²) >= 11 is 0. The van der Waals surface area contributed by atoms with Crippen molar-refractivity contribution < 1.29 is 9.13 Å². The molecular formula is C25H32FIN4O. The number of rotatable bonds is 6. The van der Waals surface area contributed by atoms with Crippen molar-refractivity contribution in [2.24, 2.45) is 4.99 Å². The molecule has 172 valence electrons. The normalized spacial score (nSPS) is 15.9. The zero-order valence-electron chi connectivity index (χ0n) is 18.7. The number of aryl methyl sites for hydroxylation is 1. The van der Waals surface area contributed by atoms with E-state index in [1.54, 1.807) is 7.05 Å². The summed E-state index contributed by atoms with van der Waals surface area (Å²) in [5, 5.41) is 8.04. The maximum atomic E-state index is 13.4. The highest BCUT2D eigenvalue weighted by molar-refractivity contribution is 14.0. The van der Waals surface area contributed by atoms with Gasteiger partial charge in [-0.25, -0.2) is 4.39 Å². The third kappa shape index (κ3) is 5.43. The van der Waals surface area contributed by atoms with Gasteiger partial charge in [0.15, 0.2) is 5.96 Å². The van der Waals surface area contributed by atoms with Crippen LogP contribution in [0.5, 0.6) is 0 Å². The first kappa shape index (κ1) is 24.5. The Hall–Kier alpha value is -2.13. The van der Waals surface area contributed by atoms with Gasteiger partial charge in [0.2, 0.25) is 0 Å². The van der Waals surface area contributed by atoms with Crippen LogP contribution in [0.1, 0.15) is 29.5 Å².